The Morgan fingerprint density at radius 2 is 1.72 bits per heavy atom. The Hall–Kier alpha value is -1.22. The molecule has 0 aromatic rings. The molecule has 0 atom stereocenters. The Labute approximate surface area is 154 Å². The SMILES string of the molecule is C/C=C\C(=NCNC1CCCCC1)/C(C=NC)=C(\C)CC1CCCC1. The third-order valence-corrected chi connectivity index (χ3v) is 5.62. The fraction of sp³-hybridized carbons (Fsp3) is 0.727. The van der Waals surface area contributed by atoms with E-state index in [0.717, 1.165) is 11.6 Å². The van der Waals surface area contributed by atoms with Crippen molar-refractivity contribution < 1.29 is 0 Å². The van der Waals surface area contributed by atoms with Crippen LogP contribution in [-0.4, -0.2) is 31.7 Å². The summed E-state index contributed by atoms with van der Waals surface area (Å²) in [6.45, 7) is 5.04. The molecule has 0 radical (unpaired) electrons. The van der Waals surface area contributed by atoms with Crippen LogP contribution in [0, 0.1) is 5.92 Å². The molecule has 2 rings (SSSR count). The van der Waals surface area contributed by atoms with Crippen LogP contribution in [0.3, 0.4) is 0 Å². The van der Waals surface area contributed by atoms with E-state index in [9.17, 15) is 0 Å². The van der Waals surface area contributed by atoms with Gasteiger partial charge in [-0.1, -0.05) is 56.6 Å². The molecule has 25 heavy (non-hydrogen) atoms. The van der Waals surface area contributed by atoms with E-state index in [1.54, 1.807) is 0 Å². The summed E-state index contributed by atoms with van der Waals surface area (Å²) in [7, 11) is 1.86. The predicted octanol–water partition coefficient (Wildman–Crippen LogP) is 5.48. The molecule has 0 aromatic carbocycles. The van der Waals surface area contributed by atoms with E-state index < -0.39 is 0 Å². The van der Waals surface area contributed by atoms with Crippen LogP contribution in [0.25, 0.3) is 0 Å². The highest BCUT2D eigenvalue weighted by Gasteiger charge is 2.17. The van der Waals surface area contributed by atoms with Crippen LogP contribution in [0.15, 0.2) is 33.3 Å². The number of rotatable bonds is 8. The van der Waals surface area contributed by atoms with E-state index in [4.69, 9.17) is 4.99 Å². The molecule has 0 spiro atoms. The third-order valence-electron chi connectivity index (χ3n) is 5.62. The highest BCUT2D eigenvalue weighted by Crippen LogP contribution is 2.31. The molecule has 0 unspecified atom stereocenters. The number of nitrogens with zero attached hydrogens (tertiary/aromatic N) is 2. The Morgan fingerprint density at radius 3 is 2.36 bits per heavy atom. The summed E-state index contributed by atoms with van der Waals surface area (Å²) >= 11 is 0. The Morgan fingerprint density at radius 1 is 1.04 bits per heavy atom. The van der Waals surface area contributed by atoms with Crippen molar-refractivity contribution in [3.8, 4) is 0 Å². The molecular formula is C22H37N3. The number of hydrogen-bond acceptors (Lipinski definition) is 3. The van der Waals surface area contributed by atoms with Gasteiger partial charge >= 0.3 is 0 Å². The zero-order valence-corrected chi connectivity index (χ0v) is 16.6. The molecule has 0 heterocycles. The van der Waals surface area contributed by atoms with E-state index in [2.05, 4.69) is 36.3 Å². The average molecular weight is 344 g/mol. The third kappa shape index (κ3) is 6.89. The van der Waals surface area contributed by atoms with Crippen LogP contribution < -0.4 is 5.32 Å². The fourth-order valence-electron chi connectivity index (χ4n) is 4.23. The molecule has 0 amide bonds. The second-order valence-electron chi connectivity index (χ2n) is 7.68. The Kier molecular flexibility index (Phi) is 9.17. The van der Waals surface area contributed by atoms with Crippen molar-refractivity contribution >= 4 is 11.9 Å². The average Bonchev–Trinajstić information content (AvgIpc) is 3.13. The number of nitrogens with one attached hydrogen (secondary N) is 1. The topological polar surface area (TPSA) is 36.8 Å². The van der Waals surface area contributed by atoms with Crippen molar-refractivity contribution in [1.29, 1.82) is 0 Å². The fourth-order valence-corrected chi connectivity index (χ4v) is 4.23. The van der Waals surface area contributed by atoms with Gasteiger partial charge in [-0.15, -0.1) is 0 Å². The highest BCUT2D eigenvalue weighted by atomic mass is 15.0. The summed E-state index contributed by atoms with van der Waals surface area (Å²) in [5.41, 5.74) is 3.73. The molecule has 0 aliphatic heterocycles. The summed E-state index contributed by atoms with van der Waals surface area (Å²) in [6, 6.07) is 0.649. The summed E-state index contributed by atoms with van der Waals surface area (Å²) in [5.74, 6) is 0.854. The number of hydrogen-bond donors (Lipinski definition) is 1. The molecule has 2 fully saturated rings. The first-order chi connectivity index (χ1) is 12.2. The molecular weight excluding hydrogens is 306 g/mol. The molecule has 140 valence electrons. The smallest absolute Gasteiger partial charge is 0.0894 e. The highest BCUT2D eigenvalue weighted by molar-refractivity contribution is 6.21. The van der Waals surface area contributed by atoms with Gasteiger partial charge in [-0.25, -0.2) is 0 Å². The summed E-state index contributed by atoms with van der Waals surface area (Å²) in [6.07, 6.45) is 19.7. The maximum Gasteiger partial charge on any atom is 0.0894 e. The second-order valence-corrected chi connectivity index (χ2v) is 7.68. The molecule has 1 N–H and O–H groups in total. The lowest BCUT2D eigenvalue weighted by Gasteiger charge is -2.22. The van der Waals surface area contributed by atoms with E-state index in [1.165, 1.54) is 75.4 Å². The molecule has 0 aromatic heterocycles. The maximum atomic E-state index is 4.89. The Bertz CT molecular complexity index is 501. The standard InChI is InChI=1S/C22H37N3/c1-4-10-22(25-17-24-20-13-6-5-7-14-20)21(16-23-3)18(2)15-19-11-8-9-12-19/h4,10,16,19-20,24H,5-9,11-15,17H2,1-3H3/b10-4-,21-18+,23-16?,25-22?. The van der Waals surface area contributed by atoms with Gasteiger partial charge in [0, 0.05) is 24.9 Å². The Balaban J connectivity index is 2.06. The van der Waals surface area contributed by atoms with Gasteiger partial charge in [0.05, 0.1) is 12.4 Å². The van der Waals surface area contributed by atoms with Gasteiger partial charge in [0.15, 0.2) is 0 Å². The number of aliphatic imine (C=N–C) groups is 2. The van der Waals surface area contributed by atoms with Crippen LogP contribution in [0.2, 0.25) is 0 Å². The lowest BCUT2D eigenvalue weighted by atomic mass is 9.93. The van der Waals surface area contributed by atoms with E-state index in [0.29, 0.717) is 12.7 Å². The minimum Gasteiger partial charge on any atom is -0.296 e. The summed E-state index contributed by atoms with van der Waals surface area (Å²) in [4.78, 5) is 9.21. The van der Waals surface area contributed by atoms with Crippen molar-refractivity contribution in [2.45, 2.75) is 84.1 Å². The molecule has 2 saturated carbocycles. The molecule has 2 aliphatic carbocycles. The van der Waals surface area contributed by atoms with Crippen molar-refractivity contribution in [1.82, 2.24) is 5.32 Å². The van der Waals surface area contributed by atoms with Crippen LogP contribution in [0.4, 0.5) is 0 Å². The normalized spacial score (nSPS) is 22.3. The van der Waals surface area contributed by atoms with Gasteiger partial charge in [0.2, 0.25) is 0 Å². The summed E-state index contributed by atoms with van der Waals surface area (Å²) in [5, 5.41) is 3.63. The maximum absolute atomic E-state index is 4.89. The van der Waals surface area contributed by atoms with Gasteiger partial charge < -0.3 is 0 Å². The van der Waals surface area contributed by atoms with Crippen molar-refractivity contribution in [2.24, 2.45) is 15.9 Å². The van der Waals surface area contributed by atoms with Crippen molar-refractivity contribution in [2.75, 3.05) is 13.7 Å². The summed E-state index contributed by atoms with van der Waals surface area (Å²) < 4.78 is 0. The number of allylic oxidation sites excluding steroid dienone is 4. The lowest BCUT2D eigenvalue weighted by Crippen LogP contribution is -2.31. The zero-order chi connectivity index (χ0) is 17.9. The monoisotopic (exact) mass is 343 g/mol. The van der Waals surface area contributed by atoms with Gasteiger partial charge in [-0.2, -0.15) is 0 Å². The van der Waals surface area contributed by atoms with Crippen molar-refractivity contribution in [3.05, 3.63) is 23.3 Å². The lowest BCUT2D eigenvalue weighted by molar-refractivity contribution is 0.378. The predicted molar refractivity (Wildman–Crippen MR) is 111 cm³/mol. The van der Waals surface area contributed by atoms with Crippen LogP contribution in [0.5, 0.6) is 0 Å². The van der Waals surface area contributed by atoms with Crippen LogP contribution in [-0.2, 0) is 0 Å². The first kappa shape index (κ1) is 20.1. The molecule has 3 heteroatoms. The van der Waals surface area contributed by atoms with E-state index in [-0.39, 0.29) is 0 Å². The second kappa shape index (κ2) is 11.4. The molecule has 3 nitrogen and oxygen atoms in total. The zero-order valence-electron chi connectivity index (χ0n) is 16.6. The van der Waals surface area contributed by atoms with Gasteiger partial charge in [0.1, 0.15) is 0 Å². The van der Waals surface area contributed by atoms with E-state index in [1.807, 2.05) is 13.3 Å². The minimum atomic E-state index is 0.649. The van der Waals surface area contributed by atoms with Gasteiger partial charge in [-0.05, 0) is 45.1 Å². The molecule has 0 bridgehead atoms. The van der Waals surface area contributed by atoms with E-state index >= 15 is 0 Å². The van der Waals surface area contributed by atoms with Crippen LogP contribution in [0.1, 0.15) is 78.1 Å². The first-order valence-electron chi connectivity index (χ1n) is 10.3. The first-order valence-corrected chi connectivity index (χ1v) is 10.3. The molecule has 2 aliphatic rings. The van der Waals surface area contributed by atoms with Crippen LogP contribution >= 0.6 is 0 Å². The minimum absolute atomic E-state index is 0.649. The van der Waals surface area contributed by atoms with Gasteiger partial charge in [0.25, 0.3) is 0 Å². The quantitative estimate of drug-likeness (QED) is 0.582. The van der Waals surface area contributed by atoms with Gasteiger partial charge in [-0.3, -0.25) is 15.3 Å². The molecule has 0 saturated heterocycles. The largest absolute Gasteiger partial charge is 0.296 e. The van der Waals surface area contributed by atoms with Crippen molar-refractivity contribution in [3.63, 3.8) is 0 Å².